The van der Waals surface area contributed by atoms with Crippen molar-refractivity contribution in [2.75, 3.05) is 13.2 Å². The number of amides is 1. The molecule has 1 aromatic rings. The third kappa shape index (κ3) is 7.64. The Bertz CT molecular complexity index is 1900. The third-order valence-electron chi connectivity index (χ3n) is 12.9. The zero-order valence-corrected chi connectivity index (χ0v) is 34.5. The Morgan fingerprint density at radius 3 is 2.20 bits per heavy atom. The maximum absolute atomic E-state index is 15.0. The smallest absolute Gasteiger partial charge is 0.408 e. The zero-order chi connectivity index (χ0) is 43.6. The number of Topliss-reactive ketones (excluding diaryl/α,β-unsaturated/α-hetero) is 1. The molecule has 1 heterocycles. The number of ketones is 1. The molecule has 5 N–H and O–H groups in total. The maximum Gasteiger partial charge on any atom is 0.408 e. The molecule has 6 rings (SSSR count). The van der Waals surface area contributed by atoms with Gasteiger partial charge in [0.25, 0.3) is 0 Å². The van der Waals surface area contributed by atoms with E-state index in [2.05, 4.69) is 5.32 Å². The molecular formula is C42H55NO16. The summed E-state index contributed by atoms with van der Waals surface area (Å²) >= 11 is 0. The Morgan fingerprint density at radius 2 is 1.66 bits per heavy atom. The standard InChI is InChI=1S/C42H55NO16/c1-20-24(55-36(51)31(56-27(47)18-44)29(22-14-15-22)43-37(52)59-38(3,4)5)17-42(53)34(57-35(50)23-12-10-9-11-13-23)32-40(8,33(49)30(48)28(20)39(42,6)7)25(46)16-26-41(32,19-54-26)58-21(2)45/h9-13,22,24-26,29-32,34,44,46,48,53H,14-19H2,1-8H3,(H,43,52)/t24-,25-,26+,29-,30+,31+,32-,34-,40+,41-,42+/m0/s1. The number of aliphatic hydroxyl groups is 4. The Balaban J connectivity index is 1.50. The van der Waals surface area contributed by atoms with Crippen LogP contribution >= 0.6 is 0 Å². The number of esters is 4. The highest BCUT2D eigenvalue weighted by Crippen LogP contribution is 2.64. The van der Waals surface area contributed by atoms with Gasteiger partial charge < -0.3 is 54.2 Å². The second kappa shape index (κ2) is 15.6. The van der Waals surface area contributed by atoms with Crippen molar-refractivity contribution in [3.63, 3.8) is 0 Å². The average molecular weight is 830 g/mol. The summed E-state index contributed by atoms with van der Waals surface area (Å²) < 4.78 is 35.0. The number of rotatable bonds is 10. The summed E-state index contributed by atoms with van der Waals surface area (Å²) in [6, 6.07) is 6.61. The molecule has 1 aromatic carbocycles. The SMILES string of the molecule is CC(=O)O[C@@]12CO[C@@H]1C[C@H](O)[C@@]1(C)C(=O)[C@H](O)C3=C(C)[C@@H](OC(=O)[C@H](OC(=O)CO)[C@@H](NC(=O)OC(C)(C)C)C4CC4)C[C@@](O)([C@@H](OC(=O)c4ccccc4)[C@H]21)C3(C)C. The van der Waals surface area contributed by atoms with Gasteiger partial charge in [-0.15, -0.1) is 0 Å². The molecule has 0 spiro atoms. The molecule has 4 fully saturated rings. The average Bonchev–Trinajstić information content (AvgIpc) is 3.99. The number of ether oxygens (including phenoxy) is 6. The molecule has 2 bridgehead atoms. The van der Waals surface area contributed by atoms with E-state index in [9.17, 15) is 49.2 Å². The quantitative estimate of drug-likeness (QED) is 0.128. The minimum atomic E-state index is -2.39. The van der Waals surface area contributed by atoms with Crippen LogP contribution in [0.3, 0.4) is 0 Å². The molecule has 1 saturated heterocycles. The van der Waals surface area contributed by atoms with Gasteiger partial charge in [-0.25, -0.2) is 19.2 Å². The van der Waals surface area contributed by atoms with Gasteiger partial charge in [-0.3, -0.25) is 9.59 Å². The zero-order valence-electron chi connectivity index (χ0n) is 34.5. The molecule has 0 radical (unpaired) electrons. The van der Waals surface area contributed by atoms with Gasteiger partial charge in [0.1, 0.15) is 42.2 Å². The topological polar surface area (TPSA) is 251 Å². The molecule has 324 valence electrons. The van der Waals surface area contributed by atoms with E-state index in [1.807, 2.05) is 0 Å². The second-order valence-corrected chi connectivity index (χ2v) is 18.2. The highest BCUT2D eigenvalue weighted by atomic mass is 16.6. The molecule has 17 nitrogen and oxygen atoms in total. The Morgan fingerprint density at radius 1 is 1.02 bits per heavy atom. The third-order valence-corrected chi connectivity index (χ3v) is 12.9. The number of hydrogen-bond acceptors (Lipinski definition) is 16. The van der Waals surface area contributed by atoms with Crippen LogP contribution < -0.4 is 5.32 Å². The van der Waals surface area contributed by atoms with Gasteiger partial charge in [-0.05, 0) is 76.7 Å². The molecule has 1 amide bonds. The Kier molecular flexibility index (Phi) is 11.6. The van der Waals surface area contributed by atoms with E-state index in [4.69, 9.17) is 28.4 Å². The van der Waals surface area contributed by atoms with E-state index in [0.29, 0.717) is 12.8 Å². The highest BCUT2D eigenvalue weighted by Gasteiger charge is 2.78. The van der Waals surface area contributed by atoms with Gasteiger partial charge in [-0.2, -0.15) is 0 Å². The fourth-order valence-corrected chi connectivity index (χ4v) is 9.77. The molecule has 1 aliphatic heterocycles. The van der Waals surface area contributed by atoms with Gasteiger partial charge in [-0.1, -0.05) is 32.0 Å². The van der Waals surface area contributed by atoms with Gasteiger partial charge in [0.15, 0.2) is 11.4 Å². The van der Waals surface area contributed by atoms with Crippen LogP contribution in [0.25, 0.3) is 0 Å². The Hall–Kier alpha value is -4.42. The summed E-state index contributed by atoms with van der Waals surface area (Å²) in [5.74, 6) is -6.98. The molecule has 4 aliphatic carbocycles. The summed E-state index contributed by atoms with van der Waals surface area (Å²) in [4.78, 5) is 81.9. The largest absolute Gasteiger partial charge is 0.455 e. The number of fused-ring (bicyclic) bond motifs is 5. The van der Waals surface area contributed by atoms with Gasteiger partial charge in [0, 0.05) is 25.2 Å². The lowest BCUT2D eigenvalue weighted by molar-refractivity contribution is -0.346. The first-order valence-corrected chi connectivity index (χ1v) is 19.8. The van der Waals surface area contributed by atoms with Crippen LogP contribution in [0.1, 0.15) is 91.4 Å². The number of hydrogen-bond donors (Lipinski definition) is 5. The summed E-state index contributed by atoms with van der Waals surface area (Å²) in [7, 11) is 0. The van der Waals surface area contributed by atoms with Crippen LogP contribution in [-0.4, -0.2) is 129 Å². The second-order valence-electron chi connectivity index (χ2n) is 18.2. The molecule has 11 atom stereocenters. The molecule has 3 saturated carbocycles. The summed E-state index contributed by atoms with van der Waals surface area (Å²) in [5, 5.41) is 49.8. The molecule has 0 unspecified atom stereocenters. The monoisotopic (exact) mass is 829 g/mol. The molecule has 5 aliphatic rings. The minimum absolute atomic E-state index is 0.0613. The predicted octanol–water partition coefficient (Wildman–Crippen LogP) is 1.84. The maximum atomic E-state index is 15.0. The lowest BCUT2D eigenvalue weighted by Crippen LogP contribution is -2.81. The van der Waals surface area contributed by atoms with Crippen LogP contribution in [0.5, 0.6) is 0 Å². The molecule has 59 heavy (non-hydrogen) atoms. The Labute approximate surface area is 341 Å². The van der Waals surface area contributed by atoms with Crippen LogP contribution in [0.15, 0.2) is 41.5 Å². The first kappa shape index (κ1) is 44.1. The lowest BCUT2D eigenvalue weighted by atomic mass is 9.44. The van der Waals surface area contributed by atoms with Crippen LogP contribution in [0.2, 0.25) is 0 Å². The normalized spacial score (nSPS) is 34.5. The van der Waals surface area contributed by atoms with Gasteiger partial charge >= 0.3 is 30.0 Å². The number of carbonyl (C=O) groups is 6. The fraction of sp³-hybridized carbons (Fsp3) is 0.667. The minimum Gasteiger partial charge on any atom is -0.455 e. The number of alkyl carbamates (subject to hydrolysis) is 1. The van der Waals surface area contributed by atoms with Crippen LogP contribution in [0.4, 0.5) is 4.79 Å². The first-order valence-electron chi connectivity index (χ1n) is 19.8. The lowest BCUT2D eigenvalue weighted by Gasteiger charge is -2.67. The summed E-state index contributed by atoms with van der Waals surface area (Å²) in [6.07, 6.45) is -10.4. The highest BCUT2D eigenvalue weighted by molar-refractivity contribution is 5.94. The van der Waals surface area contributed by atoms with E-state index in [0.717, 1.165) is 6.92 Å². The van der Waals surface area contributed by atoms with E-state index >= 15 is 0 Å². The van der Waals surface area contributed by atoms with E-state index < -0.39 is 125 Å². The summed E-state index contributed by atoms with van der Waals surface area (Å²) in [6.45, 7) is 10.5. The van der Waals surface area contributed by atoms with Crippen molar-refractivity contribution in [3.8, 4) is 0 Å². The van der Waals surface area contributed by atoms with E-state index in [1.54, 1.807) is 39.0 Å². The summed E-state index contributed by atoms with van der Waals surface area (Å²) in [5.41, 5.74) is -8.68. The van der Waals surface area contributed by atoms with E-state index in [-0.39, 0.29) is 35.7 Å². The van der Waals surface area contributed by atoms with Crippen LogP contribution in [0, 0.1) is 22.7 Å². The number of benzene rings is 1. The fourth-order valence-electron chi connectivity index (χ4n) is 9.77. The van der Waals surface area contributed by atoms with Crippen molar-refractivity contribution in [2.45, 2.75) is 141 Å². The molecule has 0 aromatic heterocycles. The van der Waals surface area contributed by atoms with Crippen molar-refractivity contribution in [2.24, 2.45) is 22.7 Å². The van der Waals surface area contributed by atoms with Crippen molar-refractivity contribution in [1.29, 1.82) is 0 Å². The number of carbonyl (C=O) groups excluding carboxylic acids is 6. The van der Waals surface area contributed by atoms with E-state index in [1.165, 1.54) is 39.8 Å². The van der Waals surface area contributed by atoms with Gasteiger partial charge in [0.05, 0.1) is 35.6 Å². The predicted molar refractivity (Wildman–Crippen MR) is 202 cm³/mol. The molecular weight excluding hydrogens is 774 g/mol. The number of aliphatic hydroxyl groups excluding tert-OH is 3. The molecule has 17 heteroatoms. The van der Waals surface area contributed by atoms with Crippen molar-refractivity contribution in [1.82, 2.24) is 5.32 Å². The van der Waals surface area contributed by atoms with Crippen molar-refractivity contribution >= 4 is 35.8 Å². The van der Waals surface area contributed by atoms with Crippen LogP contribution in [-0.2, 0) is 47.6 Å². The first-order chi connectivity index (χ1) is 27.4. The van der Waals surface area contributed by atoms with Crippen molar-refractivity contribution in [3.05, 3.63) is 47.0 Å². The van der Waals surface area contributed by atoms with Gasteiger partial charge in [0.2, 0.25) is 6.10 Å². The number of nitrogens with one attached hydrogen (secondary N) is 1. The van der Waals surface area contributed by atoms with Crippen molar-refractivity contribution < 1.29 is 77.6 Å².